The molecule has 2 aliphatic heterocycles. The molecule has 0 spiro atoms. The first-order chi connectivity index (χ1) is 11.9. The lowest BCUT2D eigenvalue weighted by molar-refractivity contribution is 0.0411. The van der Waals surface area contributed by atoms with E-state index in [1.807, 2.05) is 0 Å². The Morgan fingerprint density at radius 1 is 1.28 bits per heavy atom. The zero-order valence-electron chi connectivity index (χ0n) is 15.0. The van der Waals surface area contributed by atoms with E-state index in [0.717, 1.165) is 19.6 Å². The van der Waals surface area contributed by atoms with E-state index in [1.165, 1.54) is 5.57 Å². The van der Waals surface area contributed by atoms with Crippen LogP contribution in [0.1, 0.15) is 25.6 Å². The fraction of sp³-hybridized carbons (Fsp3) is 0.750. The van der Waals surface area contributed by atoms with Gasteiger partial charge in [-0.1, -0.05) is 16.8 Å². The molecule has 0 amide bonds. The van der Waals surface area contributed by atoms with Crippen LogP contribution in [0.4, 0.5) is 0 Å². The third-order valence-corrected chi connectivity index (χ3v) is 6.46. The highest BCUT2D eigenvalue weighted by molar-refractivity contribution is 7.91. The molecule has 0 bridgehead atoms. The number of aromatic nitrogens is 2. The van der Waals surface area contributed by atoms with Crippen LogP contribution in [0.15, 0.2) is 16.2 Å². The number of fused-ring (bicyclic) bond motifs is 1. The van der Waals surface area contributed by atoms with Crippen LogP contribution in [0, 0.1) is 0 Å². The van der Waals surface area contributed by atoms with E-state index in [0.29, 0.717) is 24.9 Å². The summed E-state index contributed by atoms with van der Waals surface area (Å²) >= 11 is 0. The van der Waals surface area contributed by atoms with Crippen LogP contribution in [0.5, 0.6) is 0 Å². The number of rotatable bonds is 6. The molecule has 0 N–H and O–H groups in total. The van der Waals surface area contributed by atoms with Crippen LogP contribution in [-0.2, 0) is 27.7 Å². The van der Waals surface area contributed by atoms with E-state index >= 15 is 0 Å². The third-order valence-electron chi connectivity index (χ3n) is 4.76. The van der Waals surface area contributed by atoms with Crippen LogP contribution < -0.4 is 0 Å². The van der Waals surface area contributed by atoms with Crippen molar-refractivity contribution in [2.24, 2.45) is 0 Å². The third kappa shape index (κ3) is 4.46. The van der Waals surface area contributed by atoms with Gasteiger partial charge in [-0.3, -0.25) is 9.80 Å². The summed E-state index contributed by atoms with van der Waals surface area (Å²) in [6.45, 7) is 7.32. The van der Waals surface area contributed by atoms with Gasteiger partial charge in [-0.2, -0.15) is 4.98 Å². The molecule has 140 valence electrons. The van der Waals surface area contributed by atoms with E-state index in [4.69, 9.17) is 9.26 Å². The number of ether oxygens (including phenoxy) is 1. The average molecular weight is 370 g/mol. The van der Waals surface area contributed by atoms with Crippen molar-refractivity contribution in [2.75, 3.05) is 38.2 Å². The normalized spacial score (nSPS) is 26.5. The van der Waals surface area contributed by atoms with Crippen molar-refractivity contribution in [3.05, 3.63) is 23.4 Å². The minimum Gasteiger partial charge on any atom is -0.377 e. The molecular formula is C16H26N4O4S. The van der Waals surface area contributed by atoms with Gasteiger partial charge in [0, 0.05) is 38.8 Å². The van der Waals surface area contributed by atoms with Gasteiger partial charge in [-0.15, -0.1) is 0 Å². The van der Waals surface area contributed by atoms with E-state index < -0.39 is 9.84 Å². The van der Waals surface area contributed by atoms with Gasteiger partial charge in [-0.25, -0.2) is 8.42 Å². The molecule has 8 nitrogen and oxygen atoms in total. The lowest BCUT2D eigenvalue weighted by Gasteiger charge is -2.43. The first-order valence-corrected chi connectivity index (χ1v) is 10.3. The lowest BCUT2D eigenvalue weighted by Crippen LogP contribution is -2.58. The summed E-state index contributed by atoms with van der Waals surface area (Å²) in [6, 6.07) is -0.00203. The zero-order valence-corrected chi connectivity index (χ0v) is 15.8. The molecule has 0 radical (unpaired) electrons. The van der Waals surface area contributed by atoms with Crippen molar-refractivity contribution in [1.29, 1.82) is 0 Å². The Bertz CT molecular complexity index is 726. The van der Waals surface area contributed by atoms with Crippen molar-refractivity contribution in [3.63, 3.8) is 0 Å². The monoisotopic (exact) mass is 370 g/mol. The number of hydrogen-bond donors (Lipinski definition) is 0. The van der Waals surface area contributed by atoms with Gasteiger partial charge < -0.3 is 9.26 Å². The van der Waals surface area contributed by atoms with Crippen LogP contribution >= 0.6 is 0 Å². The van der Waals surface area contributed by atoms with Crippen molar-refractivity contribution >= 4 is 9.84 Å². The van der Waals surface area contributed by atoms with Crippen molar-refractivity contribution in [2.45, 2.75) is 39.1 Å². The molecule has 2 atom stereocenters. The summed E-state index contributed by atoms with van der Waals surface area (Å²) in [6.07, 6.45) is 2.16. The summed E-state index contributed by atoms with van der Waals surface area (Å²) in [5.41, 5.74) is 1.25. The number of sulfone groups is 1. The first kappa shape index (κ1) is 18.5. The van der Waals surface area contributed by atoms with Gasteiger partial charge >= 0.3 is 0 Å². The Morgan fingerprint density at radius 3 is 2.64 bits per heavy atom. The van der Waals surface area contributed by atoms with Crippen LogP contribution in [0.25, 0.3) is 0 Å². The fourth-order valence-corrected chi connectivity index (χ4v) is 5.58. The highest BCUT2D eigenvalue weighted by Gasteiger charge is 2.46. The Kier molecular flexibility index (Phi) is 5.57. The fourth-order valence-electron chi connectivity index (χ4n) is 3.54. The maximum atomic E-state index is 12.2. The minimum absolute atomic E-state index is 0.0238. The average Bonchev–Trinajstić information content (AvgIpc) is 3.10. The molecule has 0 aromatic carbocycles. The smallest absolute Gasteiger partial charge is 0.240 e. The van der Waals surface area contributed by atoms with E-state index in [2.05, 4.69) is 39.9 Å². The Hall–Kier alpha value is -1.29. The first-order valence-electron chi connectivity index (χ1n) is 8.50. The molecule has 1 aromatic heterocycles. The standard InChI is InChI=1S/C16H26N4O4S/c1-12(2)4-5-19-6-7-20(14-11-25(21,22)10-13(14)19)8-16-17-15(9-23-3)18-24-16/h4,13-14H,5-11H2,1-3H3/t13-,14+/m0/s1. The van der Waals surface area contributed by atoms with Crippen LogP contribution in [-0.4, -0.2) is 78.7 Å². The van der Waals surface area contributed by atoms with E-state index in [-0.39, 0.29) is 23.6 Å². The molecule has 0 saturated carbocycles. The van der Waals surface area contributed by atoms with Gasteiger partial charge in [0.2, 0.25) is 5.89 Å². The molecule has 2 saturated heterocycles. The number of hydrogen-bond acceptors (Lipinski definition) is 8. The summed E-state index contributed by atoms with van der Waals surface area (Å²) in [5, 5.41) is 3.88. The van der Waals surface area contributed by atoms with Crippen molar-refractivity contribution in [1.82, 2.24) is 19.9 Å². The SMILES string of the molecule is COCc1noc(CN2CCN(CC=C(C)C)[C@H]3CS(=O)(=O)C[C@H]32)n1. The molecule has 25 heavy (non-hydrogen) atoms. The Labute approximate surface area is 148 Å². The lowest BCUT2D eigenvalue weighted by atomic mass is 10.0. The molecule has 2 fully saturated rings. The Morgan fingerprint density at radius 2 is 1.96 bits per heavy atom. The van der Waals surface area contributed by atoms with Crippen molar-refractivity contribution < 1.29 is 17.7 Å². The van der Waals surface area contributed by atoms with Crippen LogP contribution in [0.3, 0.4) is 0 Å². The number of nitrogens with zero attached hydrogens (tertiary/aromatic N) is 4. The van der Waals surface area contributed by atoms with Gasteiger partial charge in [0.05, 0.1) is 18.1 Å². The van der Waals surface area contributed by atoms with Crippen molar-refractivity contribution in [3.8, 4) is 0 Å². The number of piperazine rings is 1. The summed E-state index contributed by atoms with van der Waals surface area (Å²) in [4.78, 5) is 8.75. The Balaban J connectivity index is 1.72. The largest absolute Gasteiger partial charge is 0.377 e. The molecule has 0 unspecified atom stereocenters. The zero-order chi connectivity index (χ0) is 18.0. The topological polar surface area (TPSA) is 88.8 Å². The molecule has 2 aliphatic rings. The predicted molar refractivity (Wildman–Crippen MR) is 92.7 cm³/mol. The van der Waals surface area contributed by atoms with E-state index in [9.17, 15) is 8.42 Å². The van der Waals surface area contributed by atoms with Gasteiger partial charge in [0.1, 0.15) is 6.61 Å². The molecular weight excluding hydrogens is 344 g/mol. The molecule has 0 aliphatic carbocycles. The van der Waals surface area contributed by atoms with Crippen LogP contribution in [0.2, 0.25) is 0 Å². The van der Waals surface area contributed by atoms with Gasteiger partial charge in [-0.05, 0) is 13.8 Å². The summed E-state index contributed by atoms with van der Waals surface area (Å²) in [7, 11) is -1.44. The molecule has 9 heteroatoms. The highest BCUT2D eigenvalue weighted by Crippen LogP contribution is 2.28. The number of allylic oxidation sites excluding steroid dienone is 1. The predicted octanol–water partition coefficient (Wildman–Crippen LogP) is 0.465. The van der Waals surface area contributed by atoms with Gasteiger partial charge in [0.15, 0.2) is 15.7 Å². The molecule has 3 rings (SSSR count). The molecule has 3 heterocycles. The second-order valence-electron chi connectivity index (χ2n) is 7.00. The van der Waals surface area contributed by atoms with E-state index in [1.54, 1.807) is 7.11 Å². The summed E-state index contributed by atoms with van der Waals surface area (Å²) in [5.74, 6) is 1.44. The highest BCUT2D eigenvalue weighted by atomic mass is 32.2. The second-order valence-corrected chi connectivity index (χ2v) is 9.15. The molecule has 1 aromatic rings. The maximum absolute atomic E-state index is 12.2. The number of methoxy groups -OCH3 is 1. The minimum atomic E-state index is -3.02. The van der Waals surface area contributed by atoms with Gasteiger partial charge in [0.25, 0.3) is 0 Å². The second kappa shape index (κ2) is 7.53. The maximum Gasteiger partial charge on any atom is 0.240 e. The summed E-state index contributed by atoms with van der Waals surface area (Å²) < 4.78 is 34.7. The quantitative estimate of drug-likeness (QED) is 0.668.